The number of fused-ring (bicyclic) bond motifs is 1. The van der Waals surface area contributed by atoms with E-state index in [1.165, 1.54) is 0 Å². The molecule has 6 nitrogen and oxygen atoms in total. The van der Waals surface area contributed by atoms with Gasteiger partial charge >= 0.3 is 0 Å². The van der Waals surface area contributed by atoms with Gasteiger partial charge in [0, 0.05) is 50.5 Å². The molecule has 1 aromatic heterocycles. The second-order valence-corrected chi connectivity index (χ2v) is 4.26. The number of halogens is 1. The average molecular weight is 289 g/mol. The average Bonchev–Trinajstić information content (AvgIpc) is 2.82. The quantitative estimate of drug-likeness (QED) is 0.671. The van der Waals surface area contributed by atoms with Gasteiger partial charge in [-0.2, -0.15) is 5.10 Å². The maximum absolute atomic E-state index is 11.9. The molecule has 1 amide bonds. The van der Waals surface area contributed by atoms with Gasteiger partial charge in [0.05, 0.1) is 0 Å². The molecule has 0 saturated heterocycles. The van der Waals surface area contributed by atoms with Crippen LogP contribution < -0.4 is 10.6 Å². The monoisotopic (exact) mass is 288 g/mol. The van der Waals surface area contributed by atoms with Crippen LogP contribution in [-0.2, 0) is 17.7 Å². The van der Waals surface area contributed by atoms with Gasteiger partial charge in [-0.15, -0.1) is 12.4 Å². The largest absolute Gasteiger partial charge is 0.382 e. The fourth-order valence-electron chi connectivity index (χ4n) is 2.02. The zero-order valence-electron chi connectivity index (χ0n) is 11.1. The Morgan fingerprint density at radius 1 is 1.53 bits per heavy atom. The highest BCUT2D eigenvalue weighted by Gasteiger charge is 2.20. The molecule has 0 aliphatic carbocycles. The molecule has 0 atom stereocenters. The van der Waals surface area contributed by atoms with Crippen molar-refractivity contribution in [1.29, 1.82) is 0 Å². The minimum absolute atomic E-state index is 0. The molecule has 108 valence electrons. The zero-order chi connectivity index (χ0) is 12.8. The summed E-state index contributed by atoms with van der Waals surface area (Å²) in [5, 5.41) is 13.2. The summed E-state index contributed by atoms with van der Waals surface area (Å²) >= 11 is 0. The molecule has 2 rings (SSSR count). The number of rotatable bonds is 6. The molecule has 1 aliphatic rings. The van der Waals surface area contributed by atoms with Gasteiger partial charge in [0.2, 0.25) is 0 Å². The number of hydrogen-bond donors (Lipinski definition) is 3. The molecule has 0 spiro atoms. The molecule has 0 fully saturated rings. The Morgan fingerprint density at radius 3 is 3.16 bits per heavy atom. The van der Waals surface area contributed by atoms with Crippen LogP contribution in [-0.4, -0.2) is 42.4 Å². The number of nitrogens with zero attached hydrogens (tertiary/aromatic N) is 1. The van der Waals surface area contributed by atoms with Gasteiger partial charge in [-0.25, -0.2) is 0 Å². The summed E-state index contributed by atoms with van der Waals surface area (Å²) in [5.74, 6) is -0.104. The van der Waals surface area contributed by atoms with E-state index in [2.05, 4.69) is 20.8 Å². The van der Waals surface area contributed by atoms with Crippen molar-refractivity contribution >= 4 is 18.3 Å². The first kappa shape index (κ1) is 15.9. The van der Waals surface area contributed by atoms with E-state index in [0.717, 1.165) is 30.6 Å². The third-order valence-corrected chi connectivity index (χ3v) is 2.98. The summed E-state index contributed by atoms with van der Waals surface area (Å²) in [6.07, 6.45) is 1.73. The topological polar surface area (TPSA) is 79.0 Å². The van der Waals surface area contributed by atoms with E-state index in [1.54, 1.807) is 0 Å². The van der Waals surface area contributed by atoms with Crippen molar-refractivity contribution < 1.29 is 9.53 Å². The number of H-pyrrole nitrogens is 1. The summed E-state index contributed by atoms with van der Waals surface area (Å²) in [4.78, 5) is 11.9. The molecular weight excluding hydrogens is 268 g/mol. The van der Waals surface area contributed by atoms with E-state index >= 15 is 0 Å². The molecule has 1 aromatic rings. The van der Waals surface area contributed by atoms with Gasteiger partial charge in [0.25, 0.3) is 5.91 Å². The number of hydrogen-bond acceptors (Lipinski definition) is 4. The van der Waals surface area contributed by atoms with Crippen molar-refractivity contribution in [2.24, 2.45) is 0 Å². The van der Waals surface area contributed by atoms with Crippen molar-refractivity contribution in [3.8, 4) is 0 Å². The maximum Gasteiger partial charge on any atom is 0.272 e. The van der Waals surface area contributed by atoms with Crippen molar-refractivity contribution in [3.63, 3.8) is 0 Å². The number of carbonyl (C=O) groups excluding carboxylic acids is 1. The lowest BCUT2D eigenvalue weighted by Crippen LogP contribution is -2.29. The van der Waals surface area contributed by atoms with Gasteiger partial charge in [-0.05, 0) is 13.3 Å². The van der Waals surface area contributed by atoms with Crippen LogP contribution in [0.1, 0.15) is 35.1 Å². The lowest BCUT2D eigenvalue weighted by atomic mass is 10.1. The number of nitrogens with one attached hydrogen (secondary N) is 3. The highest BCUT2D eigenvalue weighted by molar-refractivity contribution is 5.94. The maximum atomic E-state index is 11.9. The zero-order valence-corrected chi connectivity index (χ0v) is 11.9. The Bertz CT molecular complexity index is 408. The third kappa shape index (κ3) is 4.19. The summed E-state index contributed by atoms with van der Waals surface area (Å²) in [6, 6.07) is 0. The van der Waals surface area contributed by atoms with E-state index < -0.39 is 0 Å². The lowest BCUT2D eigenvalue weighted by molar-refractivity contribution is 0.0938. The molecule has 0 unspecified atom stereocenters. The first-order valence-electron chi connectivity index (χ1n) is 6.45. The van der Waals surface area contributed by atoms with Crippen LogP contribution >= 0.6 is 12.4 Å². The highest BCUT2D eigenvalue weighted by Crippen LogP contribution is 2.14. The summed E-state index contributed by atoms with van der Waals surface area (Å²) in [6.45, 7) is 5.62. The van der Waals surface area contributed by atoms with Crippen LogP contribution in [0.4, 0.5) is 0 Å². The SMILES string of the molecule is CCOCCCNC(=O)c1n[nH]c2c1CNCC2.Cl. The Kier molecular flexibility index (Phi) is 6.83. The predicted molar refractivity (Wildman–Crippen MR) is 74.7 cm³/mol. The Labute approximate surface area is 119 Å². The lowest BCUT2D eigenvalue weighted by Gasteiger charge is -2.12. The van der Waals surface area contributed by atoms with E-state index in [4.69, 9.17) is 4.74 Å². The first-order chi connectivity index (χ1) is 8.83. The van der Waals surface area contributed by atoms with Crippen molar-refractivity contribution in [3.05, 3.63) is 17.0 Å². The van der Waals surface area contributed by atoms with Crippen LogP contribution in [0.5, 0.6) is 0 Å². The highest BCUT2D eigenvalue weighted by atomic mass is 35.5. The Balaban J connectivity index is 0.00000180. The third-order valence-electron chi connectivity index (χ3n) is 2.98. The van der Waals surface area contributed by atoms with Crippen molar-refractivity contribution in [2.45, 2.75) is 26.3 Å². The molecular formula is C12H21ClN4O2. The number of aromatic nitrogens is 2. The minimum atomic E-state index is -0.104. The summed E-state index contributed by atoms with van der Waals surface area (Å²) < 4.78 is 5.21. The second kappa shape index (κ2) is 8.14. The van der Waals surface area contributed by atoms with Crippen molar-refractivity contribution in [2.75, 3.05) is 26.3 Å². The smallest absolute Gasteiger partial charge is 0.272 e. The van der Waals surface area contributed by atoms with Crippen molar-refractivity contribution in [1.82, 2.24) is 20.8 Å². The molecule has 0 radical (unpaired) electrons. The molecule has 7 heteroatoms. The van der Waals surface area contributed by atoms with Crippen LogP contribution in [0.3, 0.4) is 0 Å². The standard InChI is InChI=1S/C12H20N4O2.ClH/c1-2-18-7-3-5-14-12(17)11-9-8-13-6-4-10(9)15-16-11;/h13H,2-8H2,1H3,(H,14,17)(H,15,16);1H. The number of aromatic amines is 1. The normalized spacial score (nSPS) is 13.5. The molecule has 1 aliphatic heterocycles. The molecule has 0 bridgehead atoms. The predicted octanol–water partition coefficient (Wildman–Crippen LogP) is 0.634. The number of ether oxygens (including phenoxy) is 1. The summed E-state index contributed by atoms with van der Waals surface area (Å²) in [5.41, 5.74) is 2.60. The fraction of sp³-hybridized carbons (Fsp3) is 0.667. The fourth-order valence-corrected chi connectivity index (χ4v) is 2.02. The van der Waals surface area contributed by atoms with Crippen LogP contribution in [0.15, 0.2) is 0 Å². The first-order valence-corrected chi connectivity index (χ1v) is 6.45. The van der Waals surface area contributed by atoms with Gasteiger partial charge in [-0.3, -0.25) is 9.89 Å². The van der Waals surface area contributed by atoms with Gasteiger partial charge in [-0.1, -0.05) is 0 Å². The van der Waals surface area contributed by atoms with E-state index in [-0.39, 0.29) is 18.3 Å². The van der Waals surface area contributed by atoms with Crippen LogP contribution in [0.2, 0.25) is 0 Å². The Morgan fingerprint density at radius 2 is 2.37 bits per heavy atom. The van der Waals surface area contributed by atoms with Gasteiger partial charge in [0.1, 0.15) is 0 Å². The minimum Gasteiger partial charge on any atom is -0.382 e. The summed E-state index contributed by atoms with van der Waals surface area (Å²) in [7, 11) is 0. The molecule has 2 heterocycles. The van der Waals surface area contributed by atoms with E-state index in [0.29, 0.717) is 32.0 Å². The van der Waals surface area contributed by atoms with E-state index in [1.807, 2.05) is 6.92 Å². The van der Waals surface area contributed by atoms with Gasteiger partial charge in [0.15, 0.2) is 5.69 Å². The number of carbonyl (C=O) groups is 1. The molecule has 19 heavy (non-hydrogen) atoms. The Hall–Kier alpha value is -1.11. The van der Waals surface area contributed by atoms with E-state index in [9.17, 15) is 4.79 Å². The number of amides is 1. The van der Waals surface area contributed by atoms with Crippen LogP contribution in [0.25, 0.3) is 0 Å². The molecule has 0 aromatic carbocycles. The van der Waals surface area contributed by atoms with Gasteiger partial charge < -0.3 is 15.4 Å². The second-order valence-electron chi connectivity index (χ2n) is 4.26. The molecule has 3 N–H and O–H groups in total. The molecule has 0 saturated carbocycles. The van der Waals surface area contributed by atoms with Crippen LogP contribution in [0, 0.1) is 0 Å².